The van der Waals surface area contributed by atoms with Crippen molar-refractivity contribution in [1.29, 1.82) is 0 Å². The number of primary amides is 1. The second-order valence-corrected chi connectivity index (χ2v) is 3.95. The summed E-state index contributed by atoms with van der Waals surface area (Å²) >= 11 is 0. The number of H-pyrrole nitrogens is 1. The van der Waals surface area contributed by atoms with Crippen molar-refractivity contribution in [1.82, 2.24) is 20.0 Å². The number of nitrogens with two attached hydrogens (primary N) is 1. The Hall–Kier alpha value is -2.41. The number of fused-ring (bicyclic) bond motifs is 3. The average molecular weight is 245 g/mol. The summed E-state index contributed by atoms with van der Waals surface area (Å²) in [7, 11) is 0. The number of aliphatic hydroxyl groups is 1. The molecule has 0 saturated carbocycles. The highest BCUT2D eigenvalue weighted by Gasteiger charge is 2.17. The van der Waals surface area contributed by atoms with Crippen LogP contribution in [0.25, 0.3) is 21.8 Å². The molecule has 0 atom stereocenters. The summed E-state index contributed by atoms with van der Waals surface area (Å²) in [6.07, 6.45) is 1.66. The predicted octanol–water partition coefficient (Wildman–Crippen LogP) is 0.00380. The van der Waals surface area contributed by atoms with Crippen LogP contribution in [0.4, 0.5) is 0 Å². The molecule has 0 radical (unpaired) electrons. The van der Waals surface area contributed by atoms with Crippen molar-refractivity contribution >= 4 is 27.7 Å². The summed E-state index contributed by atoms with van der Waals surface area (Å²) in [5.41, 5.74) is 7.12. The van der Waals surface area contributed by atoms with E-state index in [4.69, 9.17) is 10.8 Å². The smallest absolute Gasteiger partial charge is 0.269 e. The zero-order valence-corrected chi connectivity index (χ0v) is 9.42. The number of nitrogens with one attached hydrogen (secondary N) is 1. The molecule has 0 fully saturated rings. The third-order valence-corrected chi connectivity index (χ3v) is 2.87. The first-order chi connectivity index (χ1) is 8.72. The van der Waals surface area contributed by atoms with E-state index >= 15 is 0 Å². The molecule has 7 heteroatoms. The van der Waals surface area contributed by atoms with Gasteiger partial charge in [-0.25, -0.2) is 0 Å². The van der Waals surface area contributed by atoms with Gasteiger partial charge in [-0.3, -0.25) is 14.6 Å². The first-order valence-electron chi connectivity index (χ1n) is 5.45. The zero-order chi connectivity index (χ0) is 12.7. The number of rotatable bonds is 3. The SMILES string of the molecule is NC(=O)c1nn(CCO)c2c1ccc1[nH]ncc12. The Bertz CT molecular complexity index is 742. The monoisotopic (exact) mass is 245 g/mol. The number of hydrogen-bond donors (Lipinski definition) is 3. The molecule has 0 aliphatic rings. The Balaban J connectivity index is 2.44. The van der Waals surface area contributed by atoms with Crippen molar-refractivity contribution in [3.05, 3.63) is 24.0 Å². The van der Waals surface area contributed by atoms with Crippen molar-refractivity contribution in [2.45, 2.75) is 6.54 Å². The lowest BCUT2D eigenvalue weighted by Crippen LogP contribution is -2.13. The standard InChI is InChI=1S/C11H11N5O2/c12-11(18)9-6-1-2-8-7(5-13-14-8)10(6)16(15-9)3-4-17/h1-2,5,17H,3-4H2,(H2,12,18)(H,13,14). The highest BCUT2D eigenvalue weighted by atomic mass is 16.3. The molecule has 1 amide bonds. The molecule has 0 spiro atoms. The van der Waals surface area contributed by atoms with Crippen molar-refractivity contribution in [3.63, 3.8) is 0 Å². The van der Waals surface area contributed by atoms with Crippen molar-refractivity contribution in [2.24, 2.45) is 5.73 Å². The molecule has 0 aliphatic carbocycles. The van der Waals surface area contributed by atoms with Gasteiger partial charge in [0, 0.05) is 10.8 Å². The molecule has 3 rings (SSSR count). The van der Waals surface area contributed by atoms with E-state index in [1.165, 1.54) is 0 Å². The highest BCUT2D eigenvalue weighted by molar-refractivity contribution is 6.12. The molecule has 1 aromatic carbocycles. The van der Waals surface area contributed by atoms with E-state index in [0.29, 0.717) is 11.9 Å². The minimum Gasteiger partial charge on any atom is -0.394 e. The maximum absolute atomic E-state index is 11.4. The van der Waals surface area contributed by atoms with Gasteiger partial charge < -0.3 is 10.8 Å². The molecule has 0 bridgehead atoms. The maximum Gasteiger partial charge on any atom is 0.269 e. The van der Waals surface area contributed by atoms with Crippen LogP contribution in [0.1, 0.15) is 10.5 Å². The van der Waals surface area contributed by atoms with Gasteiger partial charge in [0.2, 0.25) is 0 Å². The van der Waals surface area contributed by atoms with Crippen molar-refractivity contribution < 1.29 is 9.90 Å². The van der Waals surface area contributed by atoms with Crippen LogP contribution in [0.15, 0.2) is 18.3 Å². The molecule has 4 N–H and O–H groups in total. The molecule has 7 nitrogen and oxygen atoms in total. The largest absolute Gasteiger partial charge is 0.394 e. The third-order valence-electron chi connectivity index (χ3n) is 2.87. The first-order valence-corrected chi connectivity index (χ1v) is 5.45. The molecule has 2 heterocycles. The van der Waals surface area contributed by atoms with Crippen LogP contribution in [0.2, 0.25) is 0 Å². The minimum absolute atomic E-state index is 0.0662. The molecule has 0 aliphatic heterocycles. The molecule has 18 heavy (non-hydrogen) atoms. The number of aliphatic hydroxyl groups excluding tert-OH is 1. The molecule has 0 unspecified atom stereocenters. The van der Waals surface area contributed by atoms with Gasteiger partial charge in [0.25, 0.3) is 5.91 Å². The number of aromatic nitrogens is 4. The Labute approximate surface area is 101 Å². The van der Waals surface area contributed by atoms with Crippen molar-refractivity contribution in [3.8, 4) is 0 Å². The Morgan fingerprint density at radius 1 is 1.44 bits per heavy atom. The number of benzene rings is 1. The van der Waals surface area contributed by atoms with Gasteiger partial charge in [0.05, 0.1) is 30.4 Å². The van der Waals surface area contributed by atoms with Crippen LogP contribution in [0, 0.1) is 0 Å². The lowest BCUT2D eigenvalue weighted by atomic mass is 10.1. The second-order valence-electron chi connectivity index (χ2n) is 3.95. The molecular weight excluding hydrogens is 234 g/mol. The Kier molecular flexibility index (Phi) is 2.27. The lowest BCUT2D eigenvalue weighted by molar-refractivity contribution is 0.0996. The van der Waals surface area contributed by atoms with E-state index in [1.807, 2.05) is 6.07 Å². The van der Waals surface area contributed by atoms with E-state index in [-0.39, 0.29) is 12.3 Å². The zero-order valence-electron chi connectivity index (χ0n) is 9.42. The number of hydrogen-bond acceptors (Lipinski definition) is 4. The Morgan fingerprint density at radius 2 is 2.28 bits per heavy atom. The second kappa shape index (κ2) is 3.81. The van der Waals surface area contributed by atoms with Gasteiger partial charge in [-0.15, -0.1) is 0 Å². The van der Waals surface area contributed by atoms with Gasteiger partial charge in [0.15, 0.2) is 5.69 Å². The van der Waals surface area contributed by atoms with Gasteiger partial charge in [0.1, 0.15) is 0 Å². The quantitative estimate of drug-likeness (QED) is 0.603. The number of nitrogens with zero attached hydrogens (tertiary/aromatic N) is 3. The van der Waals surface area contributed by atoms with Crippen molar-refractivity contribution in [2.75, 3.05) is 6.61 Å². The summed E-state index contributed by atoms with van der Waals surface area (Å²) < 4.78 is 1.58. The number of amides is 1. The lowest BCUT2D eigenvalue weighted by Gasteiger charge is -2.00. The fourth-order valence-corrected chi connectivity index (χ4v) is 2.13. The fourth-order valence-electron chi connectivity index (χ4n) is 2.13. The highest BCUT2D eigenvalue weighted by Crippen LogP contribution is 2.26. The van der Waals surface area contributed by atoms with Crippen LogP contribution < -0.4 is 5.73 Å². The van der Waals surface area contributed by atoms with E-state index < -0.39 is 5.91 Å². The molecule has 0 saturated heterocycles. The summed E-state index contributed by atoms with van der Waals surface area (Å²) in [4.78, 5) is 11.4. The molecule has 3 aromatic rings. The van der Waals surface area contributed by atoms with Gasteiger partial charge in [-0.2, -0.15) is 10.2 Å². The number of aromatic amines is 1. The minimum atomic E-state index is -0.584. The third kappa shape index (κ3) is 1.37. The normalized spacial score (nSPS) is 11.4. The first kappa shape index (κ1) is 10.7. The molecule has 2 aromatic heterocycles. The van der Waals surface area contributed by atoms with E-state index in [1.54, 1.807) is 16.9 Å². The van der Waals surface area contributed by atoms with E-state index in [2.05, 4.69) is 15.3 Å². The van der Waals surface area contributed by atoms with E-state index in [0.717, 1.165) is 16.4 Å². The van der Waals surface area contributed by atoms with Crippen LogP contribution in [0.5, 0.6) is 0 Å². The van der Waals surface area contributed by atoms with Gasteiger partial charge in [-0.05, 0) is 12.1 Å². The summed E-state index contributed by atoms with van der Waals surface area (Å²) in [5, 5.41) is 21.5. The molecule has 92 valence electrons. The van der Waals surface area contributed by atoms with Crippen LogP contribution in [0.3, 0.4) is 0 Å². The topological polar surface area (TPSA) is 110 Å². The summed E-state index contributed by atoms with van der Waals surface area (Å²) in [6, 6.07) is 3.60. The Morgan fingerprint density at radius 3 is 3.00 bits per heavy atom. The predicted molar refractivity (Wildman–Crippen MR) is 65.0 cm³/mol. The summed E-state index contributed by atoms with van der Waals surface area (Å²) in [5.74, 6) is -0.584. The summed E-state index contributed by atoms with van der Waals surface area (Å²) in [6.45, 7) is 0.233. The van der Waals surface area contributed by atoms with Gasteiger partial charge in [-0.1, -0.05) is 0 Å². The average Bonchev–Trinajstić information content (AvgIpc) is 2.92. The fraction of sp³-hybridized carbons (Fsp3) is 0.182. The van der Waals surface area contributed by atoms with Crippen LogP contribution in [-0.4, -0.2) is 37.6 Å². The van der Waals surface area contributed by atoms with Crippen LogP contribution >= 0.6 is 0 Å². The van der Waals surface area contributed by atoms with Crippen LogP contribution in [-0.2, 0) is 6.54 Å². The maximum atomic E-state index is 11.4. The van der Waals surface area contributed by atoms with E-state index in [9.17, 15) is 4.79 Å². The van der Waals surface area contributed by atoms with Gasteiger partial charge >= 0.3 is 0 Å². The molecular formula is C11H11N5O2. The number of carbonyl (C=O) groups is 1. The number of carbonyl (C=O) groups excluding carboxylic acids is 1.